The van der Waals surface area contributed by atoms with Gasteiger partial charge in [-0.3, -0.25) is 4.79 Å². The van der Waals surface area contributed by atoms with Crippen LogP contribution in [0.3, 0.4) is 0 Å². The van der Waals surface area contributed by atoms with Crippen LogP contribution in [0.4, 0.5) is 32.0 Å². The van der Waals surface area contributed by atoms with Gasteiger partial charge in [0, 0.05) is 23.4 Å². The minimum absolute atomic E-state index is 0.115. The number of nitrogens with zero attached hydrogens (tertiary/aromatic N) is 4. The van der Waals surface area contributed by atoms with Gasteiger partial charge in [-0.1, -0.05) is 18.2 Å². The molecule has 0 radical (unpaired) electrons. The standard InChI is InChI=1S/C24H16F6N4O/c1-13-10-15-4-2-3-5-19(15)33(13)22(35)18-12-21-31-17(14-6-8-16(25)9-7-14)11-20(34(21)32-18)23(26,27)24(28,29)30/h2-9,11-13H,10H2,1H3/t13-/m1/s1. The first-order valence-corrected chi connectivity index (χ1v) is 10.5. The molecule has 5 nitrogen and oxygen atoms in total. The molecule has 180 valence electrons. The normalized spacial score (nSPS) is 16.1. The number of benzene rings is 2. The minimum Gasteiger partial charge on any atom is -0.304 e. The molecular formula is C24H16F6N4O. The minimum atomic E-state index is -5.93. The van der Waals surface area contributed by atoms with Gasteiger partial charge in [-0.05, 0) is 55.3 Å². The summed E-state index contributed by atoms with van der Waals surface area (Å²) >= 11 is 0. The lowest BCUT2D eigenvalue weighted by Crippen LogP contribution is -2.37. The lowest BCUT2D eigenvalue weighted by Gasteiger charge is -2.22. The number of hydrogen-bond donors (Lipinski definition) is 0. The molecule has 1 atom stereocenters. The molecule has 0 aliphatic carbocycles. The molecule has 1 aliphatic rings. The van der Waals surface area contributed by atoms with Crippen molar-refractivity contribution >= 4 is 17.2 Å². The molecule has 0 fully saturated rings. The Morgan fingerprint density at radius 3 is 2.37 bits per heavy atom. The Balaban J connectivity index is 1.68. The predicted molar refractivity (Wildman–Crippen MR) is 115 cm³/mol. The topological polar surface area (TPSA) is 50.5 Å². The first kappa shape index (κ1) is 22.9. The third kappa shape index (κ3) is 3.71. The molecule has 5 rings (SSSR count). The molecule has 35 heavy (non-hydrogen) atoms. The molecule has 11 heteroatoms. The van der Waals surface area contributed by atoms with E-state index in [4.69, 9.17) is 0 Å². The van der Waals surface area contributed by atoms with Gasteiger partial charge in [0.15, 0.2) is 11.3 Å². The monoisotopic (exact) mass is 490 g/mol. The van der Waals surface area contributed by atoms with E-state index >= 15 is 0 Å². The Morgan fingerprint density at radius 1 is 1.00 bits per heavy atom. The van der Waals surface area contributed by atoms with Crippen LogP contribution in [-0.2, 0) is 12.3 Å². The number of anilines is 1. The molecule has 0 spiro atoms. The van der Waals surface area contributed by atoms with Crippen molar-refractivity contribution in [3.05, 3.63) is 83.4 Å². The molecular weight excluding hydrogens is 474 g/mol. The van der Waals surface area contributed by atoms with Crippen molar-refractivity contribution in [2.75, 3.05) is 4.90 Å². The third-order valence-corrected chi connectivity index (χ3v) is 5.89. The van der Waals surface area contributed by atoms with Gasteiger partial charge in [-0.15, -0.1) is 0 Å². The zero-order valence-corrected chi connectivity index (χ0v) is 18.0. The summed E-state index contributed by atoms with van der Waals surface area (Å²) in [5.74, 6) is -6.58. The van der Waals surface area contributed by atoms with E-state index < -0.39 is 29.5 Å². The van der Waals surface area contributed by atoms with Crippen LogP contribution in [0.25, 0.3) is 16.9 Å². The van der Waals surface area contributed by atoms with Crippen molar-refractivity contribution in [2.24, 2.45) is 0 Å². The Kier molecular flexibility index (Phi) is 5.11. The van der Waals surface area contributed by atoms with Gasteiger partial charge < -0.3 is 4.90 Å². The number of fused-ring (bicyclic) bond motifs is 2. The number of halogens is 6. The first-order chi connectivity index (χ1) is 16.5. The summed E-state index contributed by atoms with van der Waals surface area (Å²) in [5, 5.41) is 3.82. The Morgan fingerprint density at radius 2 is 1.69 bits per heavy atom. The number of amides is 1. The molecule has 2 aromatic carbocycles. The molecule has 4 aromatic rings. The van der Waals surface area contributed by atoms with Gasteiger partial charge in [-0.2, -0.15) is 27.1 Å². The molecule has 0 saturated carbocycles. The second-order valence-electron chi connectivity index (χ2n) is 8.26. The van der Waals surface area contributed by atoms with E-state index in [1.165, 1.54) is 17.0 Å². The van der Waals surface area contributed by atoms with Crippen LogP contribution < -0.4 is 4.90 Å². The Hall–Kier alpha value is -3.89. The smallest absolute Gasteiger partial charge is 0.304 e. The van der Waals surface area contributed by atoms with Crippen LogP contribution in [0.2, 0.25) is 0 Å². The summed E-state index contributed by atoms with van der Waals surface area (Å²) in [4.78, 5) is 18.9. The van der Waals surface area contributed by atoms with E-state index in [9.17, 15) is 31.1 Å². The van der Waals surface area contributed by atoms with Gasteiger partial charge in [0.2, 0.25) is 0 Å². The molecule has 3 heterocycles. The Labute approximate surface area is 194 Å². The van der Waals surface area contributed by atoms with Gasteiger partial charge in [0.1, 0.15) is 11.5 Å². The van der Waals surface area contributed by atoms with Crippen molar-refractivity contribution in [1.82, 2.24) is 14.6 Å². The second kappa shape index (κ2) is 7.82. The molecule has 1 amide bonds. The van der Waals surface area contributed by atoms with Crippen molar-refractivity contribution in [3.8, 4) is 11.3 Å². The SMILES string of the molecule is C[C@@H]1Cc2ccccc2N1C(=O)c1cc2nc(-c3ccc(F)cc3)cc(C(F)(F)C(F)(F)F)n2n1. The average molecular weight is 490 g/mol. The number of hydrogen-bond acceptors (Lipinski definition) is 3. The lowest BCUT2D eigenvalue weighted by atomic mass is 10.1. The largest absolute Gasteiger partial charge is 0.459 e. The quantitative estimate of drug-likeness (QED) is 0.342. The van der Waals surface area contributed by atoms with Gasteiger partial charge in [0.05, 0.1) is 5.69 Å². The van der Waals surface area contributed by atoms with Crippen molar-refractivity contribution < 1.29 is 31.1 Å². The molecule has 1 aliphatic heterocycles. The fourth-order valence-electron chi connectivity index (χ4n) is 4.21. The number of para-hydroxylation sites is 1. The van der Waals surface area contributed by atoms with E-state index in [2.05, 4.69) is 10.1 Å². The fourth-order valence-corrected chi connectivity index (χ4v) is 4.21. The van der Waals surface area contributed by atoms with E-state index in [0.717, 1.165) is 23.8 Å². The maximum absolute atomic E-state index is 14.6. The van der Waals surface area contributed by atoms with Crippen LogP contribution in [-0.4, -0.2) is 32.7 Å². The van der Waals surface area contributed by atoms with Crippen LogP contribution in [0.5, 0.6) is 0 Å². The maximum Gasteiger partial charge on any atom is 0.459 e. The summed E-state index contributed by atoms with van der Waals surface area (Å²) in [6, 6.07) is 12.9. The fraction of sp³-hybridized carbons (Fsp3) is 0.208. The van der Waals surface area contributed by atoms with Crippen molar-refractivity contribution in [1.29, 1.82) is 0 Å². The van der Waals surface area contributed by atoms with Crippen LogP contribution in [0.1, 0.15) is 28.7 Å². The average Bonchev–Trinajstić information content (AvgIpc) is 3.38. The molecule has 0 N–H and O–H groups in total. The van der Waals surface area contributed by atoms with Crippen LogP contribution in [0.15, 0.2) is 60.7 Å². The van der Waals surface area contributed by atoms with E-state index in [0.29, 0.717) is 22.7 Å². The number of alkyl halides is 5. The van der Waals surface area contributed by atoms with Gasteiger partial charge in [0.25, 0.3) is 5.91 Å². The van der Waals surface area contributed by atoms with E-state index in [-0.39, 0.29) is 28.6 Å². The molecule has 0 saturated heterocycles. The third-order valence-electron chi connectivity index (χ3n) is 5.89. The number of rotatable bonds is 3. The summed E-state index contributed by atoms with van der Waals surface area (Å²) in [6.07, 6.45) is -5.38. The highest BCUT2D eigenvalue weighted by atomic mass is 19.4. The molecule has 2 aromatic heterocycles. The van der Waals surface area contributed by atoms with Crippen molar-refractivity contribution in [2.45, 2.75) is 31.5 Å². The summed E-state index contributed by atoms with van der Waals surface area (Å²) in [5.41, 5.74) is -0.852. The maximum atomic E-state index is 14.6. The number of aromatic nitrogens is 3. The van der Waals surface area contributed by atoms with E-state index in [1.54, 1.807) is 19.1 Å². The number of carbonyl (C=O) groups is 1. The molecule has 0 unspecified atom stereocenters. The van der Waals surface area contributed by atoms with E-state index in [1.807, 2.05) is 12.1 Å². The summed E-state index contributed by atoms with van der Waals surface area (Å²) < 4.78 is 82.7. The van der Waals surface area contributed by atoms with Crippen LogP contribution >= 0.6 is 0 Å². The first-order valence-electron chi connectivity index (χ1n) is 10.5. The van der Waals surface area contributed by atoms with Crippen LogP contribution in [0, 0.1) is 5.82 Å². The zero-order chi connectivity index (χ0) is 25.1. The predicted octanol–water partition coefficient (Wildman–Crippen LogP) is 5.78. The second-order valence-corrected chi connectivity index (χ2v) is 8.26. The number of carbonyl (C=O) groups excluding carboxylic acids is 1. The highest BCUT2D eigenvalue weighted by Crippen LogP contribution is 2.44. The summed E-state index contributed by atoms with van der Waals surface area (Å²) in [6.45, 7) is 1.79. The Bertz CT molecular complexity index is 1440. The van der Waals surface area contributed by atoms with Gasteiger partial charge >= 0.3 is 12.1 Å². The molecule has 0 bridgehead atoms. The highest BCUT2D eigenvalue weighted by Gasteiger charge is 2.60. The van der Waals surface area contributed by atoms with Crippen molar-refractivity contribution in [3.63, 3.8) is 0 Å². The lowest BCUT2D eigenvalue weighted by molar-refractivity contribution is -0.291. The van der Waals surface area contributed by atoms with Gasteiger partial charge in [-0.25, -0.2) is 13.9 Å². The summed E-state index contributed by atoms with van der Waals surface area (Å²) in [7, 11) is 0. The zero-order valence-electron chi connectivity index (χ0n) is 18.0. The highest BCUT2D eigenvalue weighted by molar-refractivity contribution is 6.07.